The van der Waals surface area contributed by atoms with Crippen LogP contribution in [0.5, 0.6) is 0 Å². The number of thiazole rings is 1. The second-order valence-corrected chi connectivity index (χ2v) is 6.05. The zero-order valence-electron chi connectivity index (χ0n) is 10.5. The molecule has 0 aliphatic carbocycles. The van der Waals surface area contributed by atoms with Gasteiger partial charge in [-0.3, -0.25) is 0 Å². The Kier molecular flexibility index (Phi) is 4.37. The van der Waals surface area contributed by atoms with Gasteiger partial charge in [-0.25, -0.2) is 4.98 Å². The van der Waals surface area contributed by atoms with Gasteiger partial charge in [0.2, 0.25) is 0 Å². The van der Waals surface area contributed by atoms with Crippen molar-refractivity contribution in [2.24, 2.45) is 5.73 Å². The SMILES string of the molecule is CN(C)c1ccc(-c2nc(Br)c(CCN)s2)cc1. The van der Waals surface area contributed by atoms with Crippen molar-refractivity contribution in [2.45, 2.75) is 6.42 Å². The molecule has 0 saturated carbocycles. The minimum absolute atomic E-state index is 0.653. The molecule has 0 bridgehead atoms. The first kappa shape index (κ1) is 13.5. The molecule has 0 fully saturated rings. The third kappa shape index (κ3) is 2.91. The third-order valence-corrected chi connectivity index (χ3v) is 4.73. The molecule has 1 heterocycles. The second kappa shape index (κ2) is 5.82. The number of hydrogen-bond donors (Lipinski definition) is 1. The molecular weight excluding hydrogens is 310 g/mol. The van der Waals surface area contributed by atoms with E-state index < -0.39 is 0 Å². The van der Waals surface area contributed by atoms with Crippen molar-refractivity contribution < 1.29 is 0 Å². The van der Waals surface area contributed by atoms with Crippen LogP contribution >= 0.6 is 27.3 Å². The van der Waals surface area contributed by atoms with Crippen molar-refractivity contribution in [3.8, 4) is 10.6 Å². The first-order valence-electron chi connectivity index (χ1n) is 5.75. The van der Waals surface area contributed by atoms with Crippen molar-refractivity contribution in [1.29, 1.82) is 0 Å². The van der Waals surface area contributed by atoms with Gasteiger partial charge in [0, 0.05) is 30.2 Å². The summed E-state index contributed by atoms with van der Waals surface area (Å²) < 4.78 is 0.921. The van der Waals surface area contributed by atoms with Crippen LogP contribution < -0.4 is 10.6 Å². The van der Waals surface area contributed by atoms with Crippen LogP contribution in [0.25, 0.3) is 10.6 Å². The molecule has 2 N–H and O–H groups in total. The first-order valence-corrected chi connectivity index (χ1v) is 7.36. The average Bonchev–Trinajstić information content (AvgIpc) is 2.72. The lowest BCUT2D eigenvalue weighted by molar-refractivity contribution is 0.977. The van der Waals surface area contributed by atoms with Gasteiger partial charge in [-0.2, -0.15) is 0 Å². The summed E-state index contributed by atoms with van der Waals surface area (Å²) in [6.07, 6.45) is 0.869. The lowest BCUT2D eigenvalue weighted by Gasteiger charge is -2.11. The Morgan fingerprint density at radius 3 is 2.50 bits per heavy atom. The van der Waals surface area contributed by atoms with Crippen LogP contribution in [0.4, 0.5) is 5.69 Å². The smallest absolute Gasteiger partial charge is 0.124 e. The van der Waals surface area contributed by atoms with Crippen LogP contribution in [0.1, 0.15) is 4.88 Å². The number of nitrogens with zero attached hydrogens (tertiary/aromatic N) is 2. The molecule has 2 aromatic rings. The topological polar surface area (TPSA) is 42.2 Å². The molecular formula is C13H16BrN3S. The van der Waals surface area contributed by atoms with E-state index in [1.54, 1.807) is 11.3 Å². The standard InChI is InChI=1S/C13H16BrN3S/c1-17(2)10-5-3-9(4-6-10)13-16-12(14)11(18-13)7-8-15/h3-6H,7-8,15H2,1-2H3. The number of rotatable bonds is 4. The Balaban J connectivity index is 2.28. The van der Waals surface area contributed by atoms with Crippen molar-refractivity contribution in [3.63, 3.8) is 0 Å². The molecule has 1 aromatic carbocycles. The number of hydrogen-bond acceptors (Lipinski definition) is 4. The Hall–Kier alpha value is -0.910. The van der Waals surface area contributed by atoms with Crippen LogP contribution in [0.15, 0.2) is 28.9 Å². The van der Waals surface area contributed by atoms with Gasteiger partial charge in [0.1, 0.15) is 9.61 Å². The summed E-state index contributed by atoms with van der Waals surface area (Å²) in [7, 11) is 4.07. The molecule has 0 atom stereocenters. The van der Waals surface area contributed by atoms with Gasteiger partial charge in [0.25, 0.3) is 0 Å². The number of benzene rings is 1. The van der Waals surface area contributed by atoms with Gasteiger partial charge in [-0.1, -0.05) is 0 Å². The first-order chi connectivity index (χ1) is 8.61. The van der Waals surface area contributed by atoms with E-state index in [-0.39, 0.29) is 0 Å². The molecule has 0 saturated heterocycles. The summed E-state index contributed by atoms with van der Waals surface area (Å²) in [5, 5.41) is 1.04. The largest absolute Gasteiger partial charge is 0.378 e. The number of anilines is 1. The van der Waals surface area contributed by atoms with Gasteiger partial charge in [0.15, 0.2) is 0 Å². The molecule has 0 amide bonds. The van der Waals surface area contributed by atoms with E-state index in [1.165, 1.54) is 10.6 Å². The lowest BCUT2D eigenvalue weighted by Crippen LogP contribution is -2.07. The van der Waals surface area contributed by atoms with Gasteiger partial charge in [-0.15, -0.1) is 11.3 Å². The minimum atomic E-state index is 0.653. The molecule has 96 valence electrons. The van der Waals surface area contributed by atoms with Crippen molar-refractivity contribution in [3.05, 3.63) is 33.7 Å². The van der Waals surface area contributed by atoms with Crippen molar-refractivity contribution >= 4 is 33.0 Å². The third-order valence-electron chi connectivity index (χ3n) is 2.65. The van der Waals surface area contributed by atoms with Crippen LogP contribution in [0.2, 0.25) is 0 Å². The normalized spacial score (nSPS) is 10.7. The number of halogens is 1. The molecule has 18 heavy (non-hydrogen) atoms. The van der Waals surface area contributed by atoms with Crippen LogP contribution in [-0.4, -0.2) is 25.6 Å². The van der Waals surface area contributed by atoms with Gasteiger partial charge in [0.05, 0.1) is 0 Å². The fourth-order valence-electron chi connectivity index (χ4n) is 1.64. The lowest BCUT2D eigenvalue weighted by atomic mass is 10.2. The van der Waals surface area contributed by atoms with Gasteiger partial charge in [-0.05, 0) is 53.2 Å². The number of nitrogens with two attached hydrogens (primary N) is 1. The van der Waals surface area contributed by atoms with Crippen LogP contribution in [-0.2, 0) is 6.42 Å². The fourth-order valence-corrected chi connectivity index (χ4v) is 3.35. The van der Waals surface area contributed by atoms with E-state index in [4.69, 9.17) is 5.73 Å². The fraction of sp³-hybridized carbons (Fsp3) is 0.308. The number of aromatic nitrogens is 1. The van der Waals surface area contributed by atoms with Gasteiger partial charge < -0.3 is 10.6 Å². The molecule has 1 aromatic heterocycles. The summed E-state index contributed by atoms with van der Waals surface area (Å²) in [6.45, 7) is 0.653. The Labute approximate surface area is 120 Å². The van der Waals surface area contributed by atoms with Crippen LogP contribution in [0, 0.1) is 0 Å². The summed E-state index contributed by atoms with van der Waals surface area (Å²) in [5.74, 6) is 0. The monoisotopic (exact) mass is 325 g/mol. The Bertz CT molecular complexity index is 520. The predicted octanol–water partition coefficient (Wildman–Crippen LogP) is 3.14. The predicted molar refractivity (Wildman–Crippen MR) is 82.3 cm³/mol. The molecule has 3 nitrogen and oxygen atoms in total. The average molecular weight is 326 g/mol. The second-order valence-electron chi connectivity index (χ2n) is 4.21. The molecule has 0 aliphatic rings. The quantitative estimate of drug-likeness (QED) is 0.938. The molecule has 0 aliphatic heterocycles. The van der Waals surface area contributed by atoms with E-state index in [1.807, 2.05) is 14.1 Å². The molecule has 0 unspecified atom stereocenters. The highest BCUT2D eigenvalue weighted by Crippen LogP contribution is 2.32. The molecule has 5 heteroatoms. The van der Waals surface area contributed by atoms with Crippen molar-refractivity contribution in [2.75, 3.05) is 25.5 Å². The van der Waals surface area contributed by atoms with E-state index >= 15 is 0 Å². The highest BCUT2D eigenvalue weighted by molar-refractivity contribution is 9.10. The Morgan fingerprint density at radius 1 is 1.28 bits per heavy atom. The van der Waals surface area contributed by atoms with E-state index in [9.17, 15) is 0 Å². The van der Waals surface area contributed by atoms with E-state index in [0.717, 1.165) is 21.6 Å². The highest BCUT2D eigenvalue weighted by Gasteiger charge is 2.10. The summed E-state index contributed by atoms with van der Waals surface area (Å²) in [5.41, 5.74) is 7.92. The Morgan fingerprint density at radius 2 is 1.94 bits per heavy atom. The maximum Gasteiger partial charge on any atom is 0.124 e. The van der Waals surface area contributed by atoms with Crippen molar-refractivity contribution in [1.82, 2.24) is 4.98 Å². The van der Waals surface area contributed by atoms with E-state index in [2.05, 4.69) is 50.1 Å². The minimum Gasteiger partial charge on any atom is -0.378 e. The summed E-state index contributed by atoms with van der Waals surface area (Å²) >= 11 is 5.19. The van der Waals surface area contributed by atoms with Crippen LogP contribution in [0.3, 0.4) is 0 Å². The zero-order chi connectivity index (χ0) is 13.1. The summed E-state index contributed by atoms with van der Waals surface area (Å²) in [6, 6.07) is 8.42. The molecule has 0 radical (unpaired) electrons. The molecule has 0 spiro atoms. The maximum atomic E-state index is 5.58. The summed E-state index contributed by atoms with van der Waals surface area (Å²) in [4.78, 5) is 7.84. The molecule has 2 rings (SSSR count). The highest BCUT2D eigenvalue weighted by atomic mass is 79.9. The van der Waals surface area contributed by atoms with Gasteiger partial charge >= 0.3 is 0 Å². The zero-order valence-corrected chi connectivity index (χ0v) is 12.9. The maximum absolute atomic E-state index is 5.58. The van der Waals surface area contributed by atoms with E-state index in [0.29, 0.717) is 6.54 Å².